The van der Waals surface area contributed by atoms with Crippen LogP contribution in [0.4, 0.5) is 5.69 Å². The molecular weight excluding hydrogens is 436 g/mol. The predicted octanol–water partition coefficient (Wildman–Crippen LogP) is 5.63. The van der Waals surface area contributed by atoms with Gasteiger partial charge in [0.25, 0.3) is 5.91 Å². The minimum Gasteiger partial charge on any atom is -0.342 e. The number of anilines is 1. The summed E-state index contributed by atoms with van der Waals surface area (Å²) in [4.78, 5) is 27.7. The molecule has 174 valence electrons. The molecule has 1 saturated heterocycles. The summed E-state index contributed by atoms with van der Waals surface area (Å²) in [6, 6.07) is 4.21. The van der Waals surface area contributed by atoms with Crippen LogP contribution >= 0.6 is 11.6 Å². The number of halogens is 1. The molecule has 5 rings (SSSR count). The van der Waals surface area contributed by atoms with Gasteiger partial charge in [0.05, 0.1) is 23.5 Å². The second kappa shape index (κ2) is 9.34. The Balaban J connectivity index is 1.30. The highest BCUT2D eigenvalue weighted by Crippen LogP contribution is 2.35. The Hall–Kier alpha value is -2.60. The zero-order chi connectivity index (χ0) is 22.9. The van der Waals surface area contributed by atoms with Gasteiger partial charge in [-0.2, -0.15) is 5.10 Å². The molecule has 0 atom stereocenters. The summed E-state index contributed by atoms with van der Waals surface area (Å²) in [5, 5.41) is 8.07. The molecule has 0 unspecified atom stereocenters. The van der Waals surface area contributed by atoms with Crippen LogP contribution in [-0.4, -0.2) is 39.6 Å². The number of rotatable bonds is 5. The number of piperidine rings is 1. The largest absolute Gasteiger partial charge is 0.342 e. The van der Waals surface area contributed by atoms with Gasteiger partial charge in [0.2, 0.25) is 5.91 Å². The number of benzene rings is 1. The van der Waals surface area contributed by atoms with E-state index in [1.165, 1.54) is 18.4 Å². The standard InChI is InChI=1S/C26H31ClN4O2/c1-17-12-22(27)14-20(24(17)29-25(32)21-15-28-31(16-21)23-6-7-23)13-18-8-10-30(11-9-18)26(33)19-4-2-3-5-19/h12-16,19,23H,2-11H2,1H3,(H,29,32). The Morgan fingerprint density at radius 3 is 2.55 bits per heavy atom. The van der Waals surface area contributed by atoms with E-state index in [0.29, 0.717) is 22.5 Å². The van der Waals surface area contributed by atoms with Crippen molar-refractivity contribution < 1.29 is 9.59 Å². The van der Waals surface area contributed by atoms with E-state index >= 15 is 0 Å². The molecule has 2 amide bonds. The van der Waals surface area contributed by atoms with Crippen molar-refractivity contribution in [2.45, 2.75) is 64.3 Å². The van der Waals surface area contributed by atoms with Crippen molar-refractivity contribution in [3.8, 4) is 0 Å². The molecule has 7 heteroatoms. The van der Waals surface area contributed by atoms with Crippen LogP contribution in [-0.2, 0) is 4.79 Å². The molecule has 3 aliphatic rings. The highest BCUT2D eigenvalue weighted by atomic mass is 35.5. The fraction of sp³-hybridized carbons (Fsp3) is 0.500. The first-order chi connectivity index (χ1) is 16.0. The van der Waals surface area contributed by atoms with Crippen molar-refractivity contribution in [2.75, 3.05) is 18.4 Å². The first-order valence-electron chi connectivity index (χ1n) is 12.1. The van der Waals surface area contributed by atoms with Gasteiger partial charge in [-0.15, -0.1) is 0 Å². The van der Waals surface area contributed by atoms with Gasteiger partial charge >= 0.3 is 0 Å². The molecule has 2 heterocycles. The molecule has 0 bridgehead atoms. The molecule has 2 aromatic rings. The van der Waals surface area contributed by atoms with Gasteiger partial charge < -0.3 is 10.2 Å². The highest BCUT2D eigenvalue weighted by Gasteiger charge is 2.29. The summed E-state index contributed by atoms with van der Waals surface area (Å²) < 4.78 is 1.88. The number of carbonyl (C=O) groups is 2. The minimum absolute atomic E-state index is 0.163. The first-order valence-corrected chi connectivity index (χ1v) is 12.5. The van der Waals surface area contributed by atoms with Gasteiger partial charge in [-0.3, -0.25) is 14.3 Å². The molecule has 1 aromatic heterocycles. The third-order valence-electron chi connectivity index (χ3n) is 7.14. The number of nitrogens with one attached hydrogen (secondary N) is 1. The summed E-state index contributed by atoms with van der Waals surface area (Å²) in [6.45, 7) is 3.49. The van der Waals surface area contributed by atoms with E-state index in [2.05, 4.69) is 16.5 Å². The average molecular weight is 467 g/mol. The van der Waals surface area contributed by atoms with Crippen LogP contribution in [0.25, 0.3) is 6.08 Å². The summed E-state index contributed by atoms with van der Waals surface area (Å²) in [5.74, 6) is 0.408. The van der Waals surface area contributed by atoms with E-state index in [1.54, 1.807) is 6.20 Å². The second-order valence-electron chi connectivity index (χ2n) is 9.69. The Labute approximate surface area is 200 Å². The lowest BCUT2D eigenvalue weighted by Crippen LogP contribution is -2.39. The van der Waals surface area contributed by atoms with Crippen molar-refractivity contribution in [1.29, 1.82) is 0 Å². The maximum atomic E-state index is 12.9. The average Bonchev–Trinajstić information content (AvgIpc) is 3.29. The first kappa shape index (κ1) is 22.2. The molecule has 1 aromatic carbocycles. The molecule has 0 spiro atoms. The second-order valence-corrected chi connectivity index (χ2v) is 10.1. The Morgan fingerprint density at radius 2 is 1.85 bits per heavy atom. The van der Waals surface area contributed by atoms with Crippen LogP contribution in [0.1, 0.15) is 78.9 Å². The number of hydrogen-bond donors (Lipinski definition) is 1. The molecule has 0 radical (unpaired) electrons. The van der Waals surface area contributed by atoms with Crippen molar-refractivity contribution >= 4 is 35.2 Å². The molecule has 1 N–H and O–H groups in total. The van der Waals surface area contributed by atoms with E-state index in [1.807, 2.05) is 34.8 Å². The van der Waals surface area contributed by atoms with E-state index in [4.69, 9.17) is 11.6 Å². The van der Waals surface area contributed by atoms with Gasteiger partial charge in [-0.25, -0.2) is 0 Å². The lowest BCUT2D eigenvalue weighted by Gasteiger charge is -2.30. The van der Waals surface area contributed by atoms with Crippen LogP contribution in [0.15, 0.2) is 30.1 Å². The maximum absolute atomic E-state index is 12.9. The van der Waals surface area contributed by atoms with Crippen molar-refractivity contribution in [2.24, 2.45) is 5.92 Å². The summed E-state index contributed by atoms with van der Waals surface area (Å²) in [5.41, 5.74) is 4.46. The van der Waals surface area contributed by atoms with Crippen LogP contribution in [0.2, 0.25) is 5.02 Å². The Morgan fingerprint density at radius 1 is 1.12 bits per heavy atom. The molecule has 2 saturated carbocycles. The molecule has 1 aliphatic heterocycles. The zero-order valence-corrected chi connectivity index (χ0v) is 19.9. The fourth-order valence-corrected chi connectivity index (χ4v) is 5.32. The van der Waals surface area contributed by atoms with Crippen LogP contribution in [0, 0.1) is 12.8 Å². The number of aryl methyl sites for hydroxylation is 1. The summed E-state index contributed by atoms with van der Waals surface area (Å²) in [6.07, 6.45) is 14.0. The lowest BCUT2D eigenvalue weighted by atomic mass is 9.97. The number of aromatic nitrogens is 2. The van der Waals surface area contributed by atoms with Gasteiger partial charge in [0.1, 0.15) is 0 Å². The number of nitrogens with zero attached hydrogens (tertiary/aromatic N) is 3. The minimum atomic E-state index is -0.163. The van der Waals surface area contributed by atoms with Crippen molar-refractivity contribution in [3.63, 3.8) is 0 Å². The monoisotopic (exact) mass is 466 g/mol. The maximum Gasteiger partial charge on any atom is 0.258 e. The topological polar surface area (TPSA) is 67.2 Å². The zero-order valence-electron chi connectivity index (χ0n) is 19.1. The summed E-state index contributed by atoms with van der Waals surface area (Å²) in [7, 11) is 0. The predicted molar refractivity (Wildman–Crippen MR) is 130 cm³/mol. The smallest absolute Gasteiger partial charge is 0.258 e. The van der Waals surface area contributed by atoms with E-state index < -0.39 is 0 Å². The van der Waals surface area contributed by atoms with E-state index in [9.17, 15) is 9.59 Å². The van der Waals surface area contributed by atoms with E-state index in [0.717, 1.165) is 68.4 Å². The number of amides is 2. The quantitative estimate of drug-likeness (QED) is 0.621. The molecule has 2 aliphatic carbocycles. The highest BCUT2D eigenvalue weighted by molar-refractivity contribution is 6.31. The fourth-order valence-electron chi connectivity index (χ4n) is 5.04. The van der Waals surface area contributed by atoms with Gasteiger partial charge in [-0.1, -0.05) is 36.1 Å². The number of hydrogen-bond acceptors (Lipinski definition) is 3. The van der Waals surface area contributed by atoms with Crippen LogP contribution in [0.3, 0.4) is 0 Å². The Kier molecular flexibility index (Phi) is 6.28. The van der Waals surface area contributed by atoms with Crippen molar-refractivity contribution in [1.82, 2.24) is 14.7 Å². The third kappa shape index (κ3) is 5.01. The molecule has 33 heavy (non-hydrogen) atoms. The third-order valence-corrected chi connectivity index (χ3v) is 7.35. The molecule has 3 fully saturated rings. The molecular formula is C26H31ClN4O2. The number of likely N-dealkylation sites (tertiary alicyclic amines) is 1. The SMILES string of the molecule is Cc1cc(Cl)cc(C=C2CCN(C(=O)C3CCCC3)CC2)c1NC(=O)c1cnn(C2CC2)c1. The normalized spacial score (nSPS) is 19.1. The number of carbonyl (C=O) groups excluding carboxylic acids is 2. The molecule has 6 nitrogen and oxygen atoms in total. The summed E-state index contributed by atoms with van der Waals surface area (Å²) >= 11 is 6.37. The van der Waals surface area contributed by atoms with E-state index in [-0.39, 0.29) is 11.8 Å². The lowest BCUT2D eigenvalue weighted by molar-refractivity contribution is -0.135. The van der Waals surface area contributed by atoms with Crippen molar-refractivity contribution in [3.05, 3.63) is 51.8 Å². The Bertz CT molecular complexity index is 1090. The van der Waals surface area contributed by atoms with Gasteiger partial charge in [-0.05, 0) is 68.7 Å². The van der Waals surface area contributed by atoms with Crippen LogP contribution in [0.5, 0.6) is 0 Å². The van der Waals surface area contributed by atoms with Gasteiger partial charge in [0.15, 0.2) is 0 Å². The van der Waals surface area contributed by atoms with Crippen LogP contribution < -0.4 is 5.32 Å². The van der Waals surface area contributed by atoms with Gasteiger partial charge in [0, 0.05) is 30.2 Å².